The third-order valence-electron chi connectivity index (χ3n) is 6.21. The van der Waals surface area contributed by atoms with E-state index in [4.69, 9.17) is 4.74 Å². The van der Waals surface area contributed by atoms with Crippen molar-refractivity contribution < 1.29 is 19.1 Å². The van der Waals surface area contributed by atoms with Crippen molar-refractivity contribution in [2.75, 3.05) is 12.4 Å². The second-order valence-electron chi connectivity index (χ2n) is 9.01. The number of hydrogen-bond donors (Lipinski definition) is 0. The van der Waals surface area contributed by atoms with Gasteiger partial charge in [-0.05, 0) is 46.0 Å². The highest BCUT2D eigenvalue weighted by atomic mass is 32.2. The molecule has 1 saturated carbocycles. The zero-order valence-corrected chi connectivity index (χ0v) is 19.6. The summed E-state index contributed by atoms with van der Waals surface area (Å²) in [6, 6.07) is -0.663. The smallest absolute Gasteiger partial charge is 0.329 e. The van der Waals surface area contributed by atoms with E-state index >= 15 is 0 Å². The maximum Gasteiger partial charge on any atom is 0.329 e. The minimum Gasteiger partial charge on any atom is -0.464 e. The van der Waals surface area contributed by atoms with Crippen molar-refractivity contribution in [2.45, 2.75) is 102 Å². The van der Waals surface area contributed by atoms with E-state index in [0.29, 0.717) is 12.4 Å². The first-order valence-electron chi connectivity index (χ1n) is 11.7. The van der Waals surface area contributed by atoms with E-state index in [0.717, 1.165) is 57.8 Å². The molecule has 6 heteroatoms. The first-order valence-corrected chi connectivity index (χ1v) is 12.7. The molecule has 0 radical (unpaired) electrons. The minimum absolute atomic E-state index is 0.184. The molecule has 1 heterocycles. The number of amides is 1. The Morgan fingerprint density at radius 3 is 2.33 bits per heavy atom. The third-order valence-corrected chi connectivity index (χ3v) is 7.60. The number of esters is 1. The summed E-state index contributed by atoms with van der Waals surface area (Å²) in [4.78, 5) is 39.5. The summed E-state index contributed by atoms with van der Waals surface area (Å²) in [6.07, 6.45) is 14.4. The highest BCUT2D eigenvalue weighted by molar-refractivity contribution is 8.00. The monoisotopic (exact) mass is 437 g/mol. The van der Waals surface area contributed by atoms with Gasteiger partial charge in [0.25, 0.3) is 5.91 Å². The number of thioether (sulfide) groups is 1. The predicted octanol–water partition coefficient (Wildman–Crippen LogP) is 5.28. The highest BCUT2D eigenvalue weighted by Crippen LogP contribution is 2.40. The molecule has 1 aliphatic carbocycles. The number of carbonyl (C=O) groups excluding carboxylic acids is 3. The minimum atomic E-state index is -0.663. The summed E-state index contributed by atoms with van der Waals surface area (Å²) >= 11 is 1.54. The van der Waals surface area contributed by atoms with Gasteiger partial charge in [-0.3, -0.25) is 9.59 Å². The van der Waals surface area contributed by atoms with Gasteiger partial charge < -0.3 is 9.64 Å². The summed E-state index contributed by atoms with van der Waals surface area (Å²) in [7, 11) is 0. The first-order chi connectivity index (χ1) is 14.4. The van der Waals surface area contributed by atoms with E-state index in [9.17, 15) is 14.4 Å². The molecular weight excluding hydrogens is 398 g/mol. The normalized spacial score (nSPS) is 21.4. The number of rotatable bonds is 12. The summed E-state index contributed by atoms with van der Waals surface area (Å²) in [5.41, 5.74) is 0. The van der Waals surface area contributed by atoms with Gasteiger partial charge in [0.1, 0.15) is 6.04 Å². The van der Waals surface area contributed by atoms with Gasteiger partial charge in [0.2, 0.25) is 5.78 Å². The molecule has 5 nitrogen and oxygen atoms in total. The number of carbonyl (C=O) groups is 3. The summed E-state index contributed by atoms with van der Waals surface area (Å²) < 4.78 is 5.50. The maximum atomic E-state index is 13.0. The molecule has 2 fully saturated rings. The van der Waals surface area contributed by atoms with Gasteiger partial charge in [0.15, 0.2) is 0 Å². The molecule has 30 heavy (non-hydrogen) atoms. The van der Waals surface area contributed by atoms with E-state index < -0.39 is 16.8 Å². The fraction of sp³-hybridized carbons (Fsp3) is 0.792. The van der Waals surface area contributed by atoms with E-state index in [1.54, 1.807) is 0 Å². The van der Waals surface area contributed by atoms with Crippen LogP contribution in [0.3, 0.4) is 0 Å². The fourth-order valence-corrected chi connectivity index (χ4v) is 5.59. The number of ketones is 1. The second-order valence-corrected chi connectivity index (χ2v) is 10.6. The van der Waals surface area contributed by atoms with Crippen LogP contribution in [0.5, 0.6) is 0 Å². The third kappa shape index (κ3) is 7.14. The van der Waals surface area contributed by atoms with Crippen LogP contribution in [0.15, 0.2) is 12.7 Å². The molecule has 2 rings (SSSR count). The molecule has 1 saturated heterocycles. The lowest BCUT2D eigenvalue weighted by Gasteiger charge is -2.34. The highest BCUT2D eigenvalue weighted by Gasteiger charge is 2.49. The Morgan fingerprint density at radius 1 is 1.03 bits per heavy atom. The lowest BCUT2D eigenvalue weighted by atomic mass is 9.85. The number of nitrogens with zero attached hydrogens (tertiary/aromatic N) is 1. The van der Waals surface area contributed by atoms with Gasteiger partial charge in [0.05, 0.1) is 11.5 Å². The van der Waals surface area contributed by atoms with Crippen molar-refractivity contribution in [3.63, 3.8) is 0 Å². The van der Waals surface area contributed by atoms with E-state index in [2.05, 4.69) is 6.58 Å². The molecule has 0 aromatic heterocycles. The average Bonchev–Trinajstić information content (AvgIpc) is 3.07. The Bertz CT molecular complexity index is 598. The zero-order chi connectivity index (χ0) is 22.0. The van der Waals surface area contributed by atoms with Crippen LogP contribution in [-0.2, 0) is 19.1 Å². The molecule has 0 unspecified atom stereocenters. The maximum absolute atomic E-state index is 13.0. The lowest BCUT2D eigenvalue weighted by Crippen LogP contribution is -2.53. The van der Waals surface area contributed by atoms with Crippen molar-refractivity contribution >= 4 is 29.4 Å². The van der Waals surface area contributed by atoms with Crippen LogP contribution in [0, 0.1) is 5.92 Å². The number of unbranched alkanes of at least 4 members (excludes halogenated alkanes) is 6. The standard InChI is InChI=1S/C24H39NO4S/c1-4-5-6-7-8-9-10-14-17-29-23(28)20-18-30-24(2,3)25(20)22(27)21(26)19-15-12-11-13-16-19/h4,19-20H,1,5-18H2,2-3H3/t20-/m0/s1. The first kappa shape index (κ1) is 25.0. The van der Waals surface area contributed by atoms with Gasteiger partial charge in [-0.15, -0.1) is 18.3 Å². The van der Waals surface area contributed by atoms with Crippen LogP contribution in [0.4, 0.5) is 0 Å². The largest absolute Gasteiger partial charge is 0.464 e. The van der Waals surface area contributed by atoms with Crippen molar-refractivity contribution in [2.24, 2.45) is 5.92 Å². The van der Waals surface area contributed by atoms with Gasteiger partial charge in [-0.25, -0.2) is 4.79 Å². The molecule has 0 spiro atoms. The Kier molecular flexibility index (Phi) is 10.4. The van der Waals surface area contributed by atoms with E-state index in [-0.39, 0.29) is 17.7 Å². The summed E-state index contributed by atoms with van der Waals surface area (Å²) in [6.45, 7) is 7.93. The quantitative estimate of drug-likeness (QED) is 0.180. The van der Waals surface area contributed by atoms with E-state index in [1.165, 1.54) is 35.9 Å². The molecular formula is C24H39NO4S. The van der Waals surface area contributed by atoms with Crippen LogP contribution < -0.4 is 0 Å². The van der Waals surface area contributed by atoms with Gasteiger partial charge in [-0.2, -0.15) is 0 Å². The fourth-order valence-electron chi connectivity index (χ4n) is 4.39. The number of Topliss-reactive ketones (excluding diaryl/α,β-unsaturated/α-hetero) is 1. The second kappa shape index (κ2) is 12.5. The van der Waals surface area contributed by atoms with Gasteiger partial charge >= 0.3 is 5.97 Å². The van der Waals surface area contributed by atoms with Crippen LogP contribution in [0.1, 0.15) is 90.9 Å². The van der Waals surface area contributed by atoms with Crippen molar-refractivity contribution in [3.8, 4) is 0 Å². The molecule has 170 valence electrons. The Morgan fingerprint density at radius 2 is 1.67 bits per heavy atom. The Hall–Kier alpha value is -1.30. The zero-order valence-electron chi connectivity index (χ0n) is 18.8. The van der Waals surface area contributed by atoms with E-state index in [1.807, 2.05) is 19.9 Å². The summed E-state index contributed by atoms with van der Waals surface area (Å²) in [5, 5.41) is 0. The number of hydrogen-bond acceptors (Lipinski definition) is 5. The van der Waals surface area contributed by atoms with Crippen LogP contribution in [0.2, 0.25) is 0 Å². The molecule has 0 bridgehead atoms. The Balaban J connectivity index is 1.80. The van der Waals surface area contributed by atoms with Crippen molar-refractivity contribution in [1.82, 2.24) is 4.90 Å². The molecule has 0 aromatic carbocycles. The van der Waals surface area contributed by atoms with Gasteiger partial charge in [0, 0.05) is 11.7 Å². The molecule has 1 atom stereocenters. The Labute approximate surface area is 186 Å². The molecule has 0 N–H and O–H groups in total. The average molecular weight is 438 g/mol. The van der Waals surface area contributed by atoms with Crippen LogP contribution in [-0.4, -0.2) is 45.8 Å². The summed E-state index contributed by atoms with van der Waals surface area (Å²) in [5.74, 6) is -0.892. The van der Waals surface area contributed by atoms with Crippen molar-refractivity contribution in [3.05, 3.63) is 12.7 Å². The van der Waals surface area contributed by atoms with Gasteiger partial charge in [-0.1, -0.05) is 51.0 Å². The SMILES string of the molecule is C=CCCCCCCCCOC(=O)[C@@H]1CSC(C)(C)N1C(=O)C(=O)C1CCCCC1. The van der Waals surface area contributed by atoms with Crippen LogP contribution >= 0.6 is 11.8 Å². The van der Waals surface area contributed by atoms with Crippen molar-refractivity contribution in [1.29, 1.82) is 0 Å². The molecule has 1 aliphatic heterocycles. The predicted molar refractivity (Wildman–Crippen MR) is 122 cm³/mol. The molecule has 0 aromatic rings. The molecule has 1 amide bonds. The number of allylic oxidation sites excluding steroid dienone is 1. The molecule has 2 aliphatic rings. The lowest BCUT2D eigenvalue weighted by molar-refractivity contribution is -0.159. The van der Waals surface area contributed by atoms with Crippen LogP contribution in [0.25, 0.3) is 0 Å². The number of ether oxygens (including phenoxy) is 1. The topological polar surface area (TPSA) is 63.7 Å².